The Balaban J connectivity index is 0.00000172. The van der Waals surface area contributed by atoms with E-state index in [0.717, 1.165) is 29.2 Å². The van der Waals surface area contributed by atoms with Crippen LogP contribution in [0.4, 0.5) is 16.4 Å². The first-order chi connectivity index (χ1) is 18.8. The van der Waals surface area contributed by atoms with E-state index < -0.39 is 0 Å². The molecule has 12 heteroatoms. The molecule has 0 aliphatic carbocycles. The van der Waals surface area contributed by atoms with Crippen molar-refractivity contribution in [3.05, 3.63) is 42.2 Å². The summed E-state index contributed by atoms with van der Waals surface area (Å²) < 4.78 is 5.43. The molecule has 1 atom stereocenters. The molecular weight excluding hydrogens is 516 g/mol. The van der Waals surface area contributed by atoms with Gasteiger partial charge in [0, 0.05) is 36.0 Å². The largest absolute Gasteiger partial charge is 0.390 e. The summed E-state index contributed by atoms with van der Waals surface area (Å²) in [6.07, 6.45) is 3.89. The first kappa shape index (κ1) is 28.2. The molecule has 208 valence electrons. The maximum atomic E-state index is 12.4. The average Bonchev–Trinajstić information content (AvgIpc) is 3.40. The molecule has 1 unspecified atom stereocenters. The van der Waals surface area contributed by atoms with Crippen LogP contribution in [0.2, 0.25) is 0 Å². The van der Waals surface area contributed by atoms with Gasteiger partial charge in [-0.25, -0.2) is 19.7 Å². The predicted octanol–water partition coefficient (Wildman–Crippen LogP) is 5.34. The number of aromatic nitrogens is 4. The molecule has 11 nitrogen and oxygen atoms in total. The van der Waals surface area contributed by atoms with Crippen LogP contribution in [-0.2, 0) is 9.57 Å². The van der Waals surface area contributed by atoms with Crippen LogP contribution in [0.1, 0.15) is 41.0 Å². The minimum absolute atomic E-state index is 0.0535. The number of oxime groups is 1. The van der Waals surface area contributed by atoms with Gasteiger partial charge in [0.25, 0.3) is 0 Å². The Morgan fingerprint density at radius 2 is 1.85 bits per heavy atom. The van der Waals surface area contributed by atoms with Crippen molar-refractivity contribution in [2.45, 2.75) is 47.1 Å². The van der Waals surface area contributed by atoms with Crippen molar-refractivity contribution < 1.29 is 14.4 Å². The van der Waals surface area contributed by atoms with Crippen molar-refractivity contribution in [2.24, 2.45) is 10.6 Å². The lowest BCUT2D eigenvalue weighted by molar-refractivity contribution is 0.00830. The molecule has 39 heavy (non-hydrogen) atoms. The van der Waals surface area contributed by atoms with E-state index in [1.165, 1.54) is 11.3 Å². The summed E-state index contributed by atoms with van der Waals surface area (Å²) in [5, 5.41) is 11.6. The Kier molecular flexibility index (Phi) is 9.31. The van der Waals surface area contributed by atoms with Gasteiger partial charge >= 0.3 is 6.03 Å². The highest BCUT2D eigenvalue weighted by molar-refractivity contribution is 7.16. The van der Waals surface area contributed by atoms with Gasteiger partial charge in [-0.05, 0) is 17.7 Å². The molecule has 0 spiro atoms. The molecule has 4 heterocycles. The van der Waals surface area contributed by atoms with E-state index in [9.17, 15) is 4.79 Å². The fraction of sp³-hybridized carbons (Fsp3) is 0.444. The van der Waals surface area contributed by atoms with Gasteiger partial charge in [0.05, 0.1) is 31.4 Å². The van der Waals surface area contributed by atoms with E-state index >= 15 is 0 Å². The summed E-state index contributed by atoms with van der Waals surface area (Å²) in [5.41, 5.74) is 3.13. The third-order valence-electron chi connectivity index (χ3n) is 6.08. The van der Waals surface area contributed by atoms with Crippen LogP contribution in [0.25, 0.3) is 21.6 Å². The van der Waals surface area contributed by atoms with E-state index in [4.69, 9.17) is 14.6 Å². The number of aromatic amines is 1. The third-order valence-corrected chi connectivity index (χ3v) is 6.95. The number of morpholine rings is 1. The molecule has 1 aromatic carbocycles. The van der Waals surface area contributed by atoms with Crippen LogP contribution in [0.15, 0.2) is 47.3 Å². The second kappa shape index (κ2) is 12.9. The van der Waals surface area contributed by atoms with E-state index in [1.54, 1.807) is 12.5 Å². The molecule has 1 saturated heterocycles. The second-order valence-corrected chi connectivity index (χ2v) is 10.7. The number of ether oxygens (including phenoxy) is 1. The van der Waals surface area contributed by atoms with Gasteiger partial charge in [0.2, 0.25) is 5.95 Å². The summed E-state index contributed by atoms with van der Waals surface area (Å²) in [6, 6.07) is 7.18. The number of anilines is 2. The van der Waals surface area contributed by atoms with Crippen molar-refractivity contribution in [2.75, 3.05) is 36.5 Å². The van der Waals surface area contributed by atoms with E-state index in [2.05, 4.69) is 56.4 Å². The van der Waals surface area contributed by atoms with Gasteiger partial charge in [0.1, 0.15) is 16.5 Å². The number of H-pyrrole nitrogens is 1. The average molecular weight is 553 g/mol. The number of benzene rings is 1. The SMILES string of the molecule is CC.CC(C)(C)C1CC(NC(=O)Nc2ccc(-c3csc4nc(N5CCOCC5)ncc4nc[nH]3)cc2)=NO1. The van der Waals surface area contributed by atoms with Crippen LogP contribution in [0.3, 0.4) is 0 Å². The van der Waals surface area contributed by atoms with Crippen LogP contribution >= 0.6 is 11.3 Å². The van der Waals surface area contributed by atoms with Gasteiger partial charge in [-0.15, -0.1) is 11.3 Å². The molecule has 2 aliphatic heterocycles. The summed E-state index contributed by atoms with van der Waals surface area (Å²) >= 11 is 1.49. The standard InChI is InChI=1S/C25H30N8O3S.C2H6/c1-25(2,3)20-12-21(32-36-20)30-24(34)29-17-6-4-16(5-7-17)19-14-37-22-18(27-15-28-19)13-26-23(31-22)33-8-10-35-11-9-33;1-2/h4-7,13-15,20H,8-12H2,1-3H3,(H,27,28)(H2,29,30,32,34);1-2H3. The van der Waals surface area contributed by atoms with E-state index in [-0.39, 0.29) is 17.6 Å². The number of rotatable bonds is 3. The van der Waals surface area contributed by atoms with E-state index in [1.807, 2.05) is 43.5 Å². The van der Waals surface area contributed by atoms with Crippen LogP contribution in [-0.4, -0.2) is 64.2 Å². The first-order valence-corrected chi connectivity index (χ1v) is 14.0. The lowest BCUT2D eigenvalue weighted by atomic mass is 9.87. The van der Waals surface area contributed by atoms with Crippen molar-refractivity contribution in [1.82, 2.24) is 25.3 Å². The Labute approximate surface area is 232 Å². The number of amides is 2. The molecule has 3 N–H and O–H groups in total. The predicted molar refractivity (Wildman–Crippen MR) is 156 cm³/mol. The smallest absolute Gasteiger partial charge is 0.324 e. The minimum atomic E-state index is -0.358. The first-order valence-electron chi connectivity index (χ1n) is 13.1. The fourth-order valence-electron chi connectivity index (χ4n) is 3.86. The Morgan fingerprint density at radius 3 is 2.54 bits per heavy atom. The number of urea groups is 1. The molecular formula is C27H36N8O3S. The lowest BCUT2D eigenvalue weighted by Gasteiger charge is -2.26. The third kappa shape index (κ3) is 7.42. The number of carbonyl (C=O) groups excluding carboxylic acids is 1. The van der Waals surface area contributed by atoms with Gasteiger partial charge in [-0.1, -0.05) is 51.9 Å². The zero-order chi connectivity index (χ0) is 27.8. The molecule has 2 amide bonds. The molecule has 2 aromatic heterocycles. The van der Waals surface area contributed by atoms with Gasteiger partial charge < -0.3 is 24.8 Å². The summed E-state index contributed by atoms with van der Waals surface area (Å²) in [7, 11) is 0. The van der Waals surface area contributed by atoms with E-state index in [0.29, 0.717) is 42.6 Å². The summed E-state index contributed by atoms with van der Waals surface area (Å²) in [5.74, 6) is 1.21. The molecule has 0 bridgehead atoms. The molecule has 1 fully saturated rings. The quantitative estimate of drug-likeness (QED) is 0.400. The monoisotopic (exact) mass is 552 g/mol. The molecule has 3 aromatic rings. The Bertz CT molecular complexity index is 1340. The molecule has 0 radical (unpaired) electrons. The summed E-state index contributed by atoms with van der Waals surface area (Å²) in [6.45, 7) is 13.1. The number of hydrogen-bond donors (Lipinski definition) is 3. The van der Waals surface area contributed by atoms with Crippen LogP contribution in [0.5, 0.6) is 0 Å². The van der Waals surface area contributed by atoms with Crippen LogP contribution in [0, 0.1) is 5.41 Å². The maximum Gasteiger partial charge on any atom is 0.324 e. The number of hydrogen-bond acceptors (Lipinski definition) is 9. The van der Waals surface area contributed by atoms with Gasteiger partial charge in [-0.3, -0.25) is 5.32 Å². The zero-order valence-corrected chi connectivity index (χ0v) is 23.8. The van der Waals surface area contributed by atoms with Crippen molar-refractivity contribution in [1.29, 1.82) is 0 Å². The highest BCUT2D eigenvalue weighted by Gasteiger charge is 2.33. The molecule has 0 saturated carbocycles. The highest BCUT2D eigenvalue weighted by atomic mass is 32.1. The van der Waals surface area contributed by atoms with Crippen molar-refractivity contribution in [3.8, 4) is 11.3 Å². The molecule has 5 rings (SSSR count). The number of nitrogens with zero attached hydrogens (tertiary/aromatic N) is 5. The fourth-order valence-corrected chi connectivity index (χ4v) is 4.65. The normalized spacial score (nSPS) is 16.9. The lowest BCUT2D eigenvalue weighted by Crippen LogP contribution is -2.37. The van der Waals surface area contributed by atoms with Crippen LogP contribution < -0.4 is 15.5 Å². The number of amidine groups is 1. The second-order valence-electron chi connectivity index (χ2n) is 9.87. The molecule has 2 aliphatic rings. The minimum Gasteiger partial charge on any atom is -0.390 e. The number of fused-ring (bicyclic) bond motifs is 1. The number of carbonyl (C=O) groups is 1. The Morgan fingerprint density at radius 1 is 1.10 bits per heavy atom. The highest BCUT2D eigenvalue weighted by Crippen LogP contribution is 2.28. The van der Waals surface area contributed by atoms with Gasteiger partial charge in [0.15, 0.2) is 5.84 Å². The maximum absolute atomic E-state index is 12.4. The summed E-state index contributed by atoms with van der Waals surface area (Å²) in [4.78, 5) is 37.7. The van der Waals surface area contributed by atoms with Crippen molar-refractivity contribution >= 4 is 45.2 Å². The zero-order valence-electron chi connectivity index (χ0n) is 23.0. The van der Waals surface area contributed by atoms with Gasteiger partial charge in [-0.2, -0.15) is 0 Å². The number of nitrogens with one attached hydrogen (secondary N) is 3. The topological polar surface area (TPSA) is 130 Å². The Hall–Kier alpha value is -3.77. The van der Waals surface area contributed by atoms with Crippen molar-refractivity contribution in [3.63, 3.8) is 0 Å².